The number of nitrogens with one attached hydrogen (secondary N) is 1. The number of thiazole rings is 1. The van der Waals surface area contributed by atoms with Crippen molar-refractivity contribution in [2.24, 2.45) is 0 Å². The van der Waals surface area contributed by atoms with Gasteiger partial charge in [0.15, 0.2) is 5.13 Å². The molecule has 0 saturated heterocycles. The van der Waals surface area contributed by atoms with Gasteiger partial charge < -0.3 is 5.32 Å². The minimum Gasteiger partial charge on any atom is -0.300 e. The van der Waals surface area contributed by atoms with Gasteiger partial charge in [0.2, 0.25) is 5.91 Å². The van der Waals surface area contributed by atoms with E-state index in [1.807, 2.05) is 0 Å². The van der Waals surface area contributed by atoms with Gasteiger partial charge in [-0.2, -0.15) is 0 Å². The van der Waals surface area contributed by atoms with Crippen molar-refractivity contribution < 1.29 is 22.9 Å². The Morgan fingerprint density at radius 1 is 1.23 bits per heavy atom. The molecule has 158 valence electrons. The lowest BCUT2D eigenvalue weighted by molar-refractivity contribution is -0.384. The van der Waals surface area contributed by atoms with Crippen LogP contribution in [-0.4, -0.2) is 40.5 Å². The van der Waals surface area contributed by atoms with E-state index in [1.165, 1.54) is 43.3 Å². The zero-order valence-electron chi connectivity index (χ0n) is 15.9. The number of sulfonamides is 1. The Balaban J connectivity index is 1.54. The van der Waals surface area contributed by atoms with E-state index in [1.54, 1.807) is 17.5 Å². The van der Waals surface area contributed by atoms with E-state index in [0.29, 0.717) is 15.6 Å². The van der Waals surface area contributed by atoms with Crippen LogP contribution in [0, 0.1) is 10.1 Å². The van der Waals surface area contributed by atoms with Gasteiger partial charge in [0.05, 0.1) is 16.2 Å². The molecule has 0 bridgehead atoms. The lowest BCUT2D eigenvalue weighted by Crippen LogP contribution is -2.45. The van der Waals surface area contributed by atoms with E-state index in [-0.39, 0.29) is 21.3 Å². The van der Waals surface area contributed by atoms with Crippen LogP contribution >= 0.6 is 11.3 Å². The quantitative estimate of drug-likeness (QED) is 0.458. The van der Waals surface area contributed by atoms with E-state index < -0.39 is 32.8 Å². The number of nitrogens with zero attached hydrogens (tertiary/aromatic N) is 3. The van der Waals surface area contributed by atoms with Gasteiger partial charge in [-0.25, -0.2) is 17.7 Å². The third-order valence-electron chi connectivity index (χ3n) is 4.67. The summed E-state index contributed by atoms with van der Waals surface area (Å²) in [5.41, 5.74) is 0.826. The summed E-state index contributed by atoms with van der Waals surface area (Å²) in [5.74, 6) is -1.50. The molecule has 0 saturated carbocycles. The van der Waals surface area contributed by atoms with Crippen molar-refractivity contribution in [3.8, 4) is 11.3 Å². The highest BCUT2D eigenvalue weighted by molar-refractivity contribution is 7.90. The first-order valence-electron chi connectivity index (χ1n) is 8.89. The van der Waals surface area contributed by atoms with Gasteiger partial charge in [0, 0.05) is 23.1 Å². The number of non-ortho nitro benzene ring substituents is 1. The number of hydrogen-bond acceptors (Lipinski definition) is 8. The fourth-order valence-electron chi connectivity index (χ4n) is 3.14. The molecule has 1 N–H and O–H groups in total. The molecule has 0 aliphatic carbocycles. The Kier molecular flexibility index (Phi) is 5.03. The predicted molar refractivity (Wildman–Crippen MR) is 112 cm³/mol. The highest BCUT2D eigenvalue weighted by Crippen LogP contribution is 2.32. The van der Waals surface area contributed by atoms with Crippen molar-refractivity contribution in [3.63, 3.8) is 0 Å². The summed E-state index contributed by atoms with van der Waals surface area (Å²) in [7, 11) is -4.14. The molecule has 1 aliphatic heterocycles. The monoisotopic (exact) mass is 458 g/mol. The van der Waals surface area contributed by atoms with Gasteiger partial charge in [-0.3, -0.25) is 19.7 Å². The number of carbonyl (C=O) groups is 2. The van der Waals surface area contributed by atoms with Gasteiger partial charge in [-0.15, -0.1) is 11.3 Å². The SMILES string of the molecule is C[C@H](C(=O)Nc1nc(-c2cccc([N+](=O)[O-])c2)cs1)N1C(=O)c2ccccc2S1(=O)=O. The number of benzene rings is 2. The molecule has 1 aliphatic rings. The van der Waals surface area contributed by atoms with Crippen LogP contribution in [0.25, 0.3) is 11.3 Å². The van der Waals surface area contributed by atoms with Crippen LogP contribution in [0.1, 0.15) is 17.3 Å². The lowest BCUT2D eigenvalue weighted by Gasteiger charge is -2.21. The van der Waals surface area contributed by atoms with Crippen molar-refractivity contribution in [2.75, 3.05) is 5.32 Å². The first-order valence-corrected chi connectivity index (χ1v) is 11.2. The largest absolute Gasteiger partial charge is 0.300 e. The Labute approximate surface area is 180 Å². The summed E-state index contributed by atoms with van der Waals surface area (Å²) < 4.78 is 26.0. The summed E-state index contributed by atoms with van der Waals surface area (Å²) >= 11 is 1.07. The maximum absolute atomic E-state index is 12.7. The summed E-state index contributed by atoms with van der Waals surface area (Å²) in [6.07, 6.45) is 0. The highest BCUT2D eigenvalue weighted by Gasteiger charge is 2.45. The number of aromatic nitrogens is 1. The topological polar surface area (TPSA) is 140 Å². The second-order valence-electron chi connectivity index (χ2n) is 6.61. The number of hydrogen-bond donors (Lipinski definition) is 1. The Bertz CT molecular complexity index is 1330. The fourth-order valence-corrected chi connectivity index (χ4v) is 5.59. The summed E-state index contributed by atoms with van der Waals surface area (Å²) in [4.78, 5) is 39.8. The van der Waals surface area contributed by atoms with E-state index in [2.05, 4.69) is 10.3 Å². The van der Waals surface area contributed by atoms with Crippen LogP contribution in [-0.2, 0) is 14.8 Å². The number of nitro groups is 1. The summed E-state index contributed by atoms with van der Waals surface area (Å²) in [5, 5.41) is 15.2. The molecule has 0 spiro atoms. The third-order valence-corrected chi connectivity index (χ3v) is 7.34. The zero-order valence-corrected chi connectivity index (χ0v) is 17.5. The standard InChI is InChI=1S/C19H14N4O6S2/c1-11(22-18(25)14-7-2-3-8-16(14)31(22,28)29)17(24)21-19-20-15(10-30-19)12-5-4-6-13(9-12)23(26)27/h2-11H,1H3,(H,20,21,24)/t11-/m1/s1. The van der Waals surface area contributed by atoms with Crippen LogP contribution in [0.5, 0.6) is 0 Å². The third kappa shape index (κ3) is 3.55. The van der Waals surface area contributed by atoms with Gasteiger partial charge in [0.25, 0.3) is 21.6 Å². The maximum Gasteiger partial charge on any atom is 0.270 e. The van der Waals surface area contributed by atoms with Crippen molar-refractivity contribution in [3.05, 3.63) is 69.6 Å². The molecule has 2 amide bonds. The predicted octanol–water partition coefficient (Wildman–Crippen LogP) is 2.89. The average Bonchev–Trinajstić information content (AvgIpc) is 3.29. The number of amides is 2. The summed E-state index contributed by atoms with van der Waals surface area (Å²) in [6, 6.07) is 10.3. The second-order valence-corrected chi connectivity index (χ2v) is 9.25. The molecule has 4 rings (SSSR count). The van der Waals surface area contributed by atoms with E-state index in [4.69, 9.17) is 0 Å². The lowest BCUT2D eigenvalue weighted by atomic mass is 10.1. The number of carbonyl (C=O) groups excluding carboxylic acids is 2. The molecule has 1 atom stereocenters. The minimum atomic E-state index is -4.14. The smallest absolute Gasteiger partial charge is 0.270 e. The maximum atomic E-state index is 12.7. The van der Waals surface area contributed by atoms with Gasteiger partial charge in [-0.1, -0.05) is 24.3 Å². The van der Waals surface area contributed by atoms with Crippen LogP contribution in [0.3, 0.4) is 0 Å². The molecule has 3 aromatic rings. The van der Waals surface area contributed by atoms with Crippen LogP contribution in [0.2, 0.25) is 0 Å². The van der Waals surface area contributed by atoms with Crippen LogP contribution < -0.4 is 5.32 Å². The number of rotatable bonds is 5. The Morgan fingerprint density at radius 2 is 1.97 bits per heavy atom. The normalized spacial score (nSPS) is 15.4. The number of fused-ring (bicyclic) bond motifs is 1. The average molecular weight is 458 g/mol. The highest BCUT2D eigenvalue weighted by atomic mass is 32.2. The molecule has 2 heterocycles. The van der Waals surface area contributed by atoms with Crippen molar-refractivity contribution in [2.45, 2.75) is 17.9 Å². The molecule has 0 unspecified atom stereocenters. The van der Waals surface area contributed by atoms with Gasteiger partial charge >= 0.3 is 0 Å². The Morgan fingerprint density at radius 3 is 2.68 bits per heavy atom. The summed E-state index contributed by atoms with van der Waals surface area (Å²) in [6.45, 7) is 1.31. The molecule has 1 aromatic heterocycles. The molecule has 0 fully saturated rings. The molecular formula is C19H14N4O6S2. The molecule has 0 radical (unpaired) electrons. The van der Waals surface area contributed by atoms with Crippen LogP contribution in [0.4, 0.5) is 10.8 Å². The number of anilines is 1. The van der Waals surface area contributed by atoms with Crippen molar-refractivity contribution in [1.82, 2.24) is 9.29 Å². The molecular weight excluding hydrogens is 444 g/mol. The first kappa shape index (κ1) is 20.6. The molecule has 12 heteroatoms. The fraction of sp³-hybridized carbons (Fsp3) is 0.105. The van der Waals surface area contributed by atoms with E-state index in [9.17, 15) is 28.1 Å². The van der Waals surface area contributed by atoms with Crippen molar-refractivity contribution >= 4 is 44.0 Å². The Hall–Kier alpha value is -3.64. The van der Waals surface area contributed by atoms with E-state index >= 15 is 0 Å². The zero-order chi connectivity index (χ0) is 22.3. The van der Waals surface area contributed by atoms with Crippen molar-refractivity contribution in [1.29, 1.82) is 0 Å². The molecule has 2 aromatic carbocycles. The first-order chi connectivity index (χ1) is 14.7. The van der Waals surface area contributed by atoms with E-state index in [0.717, 1.165) is 11.3 Å². The second kappa shape index (κ2) is 7.56. The molecule has 10 nitrogen and oxygen atoms in total. The van der Waals surface area contributed by atoms with Gasteiger partial charge in [0.1, 0.15) is 10.9 Å². The van der Waals surface area contributed by atoms with Gasteiger partial charge in [-0.05, 0) is 19.1 Å². The molecule has 31 heavy (non-hydrogen) atoms. The van der Waals surface area contributed by atoms with Crippen LogP contribution in [0.15, 0.2) is 58.8 Å². The number of nitro benzene ring substituents is 1. The minimum absolute atomic E-state index is 0.0179.